The van der Waals surface area contributed by atoms with Crippen LogP contribution in [0.15, 0.2) is 97.2 Å². The molecule has 342 valence electrons. The lowest BCUT2D eigenvalue weighted by Crippen LogP contribution is -2.37. The minimum absolute atomic E-state index is 0.0512. The van der Waals surface area contributed by atoms with E-state index in [0.29, 0.717) is 23.9 Å². The van der Waals surface area contributed by atoms with Gasteiger partial charge in [-0.25, -0.2) is 0 Å². The summed E-state index contributed by atoms with van der Waals surface area (Å²) in [5.74, 6) is -0.951. The Hall–Kier alpha value is -3.07. The van der Waals surface area contributed by atoms with Crippen LogP contribution in [0.5, 0.6) is 0 Å². The molecule has 0 heterocycles. The largest absolute Gasteiger partial charge is 0.756 e. The normalized spacial score (nSPS) is 14.4. The number of allylic oxidation sites excluding steroid dienone is 16. The molecule has 9 nitrogen and oxygen atoms in total. The zero-order chi connectivity index (χ0) is 44.3. The Kier molecular flexibility index (Phi) is 39.2. The number of likely N-dealkylation sites (N-methyl/N-ethyl adjacent to an activating group) is 1. The molecule has 0 amide bonds. The molecule has 0 spiro atoms. The van der Waals surface area contributed by atoms with Crippen LogP contribution in [0, 0.1) is 0 Å². The van der Waals surface area contributed by atoms with Crippen molar-refractivity contribution in [2.24, 2.45) is 0 Å². The highest BCUT2D eigenvalue weighted by Crippen LogP contribution is 2.38. The molecule has 0 N–H and O–H groups in total. The number of hydrogen-bond donors (Lipinski definition) is 0. The van der Waals surface area contributed by atoms with Crippen molar-refractivity contribution in [3.63, 3.8) is 0 Å². The Morgan fingerprint density at radius 2 is 0.983 bits per heavy atom. The quantitative estimate of drug-likeness (QED) is 0.0197. The fourth-order valence-corrected chi connectivity index (χ4v) is 6.26. The van der Waals surface area contributed by atoms with Crippen LogP contribution in [-0.2, 0) is 32.7 Å². The number of ether oxygens (including phenoxy) is 2. The lowest BCUT2D eigenvalue weighted by molar-refractivity contribution is -0.870. The second-order valence-corrected chi connectivity index (χ2v) is 17.4. The maximum Gasteiger partial charge on any atom is 0.306 e. The predicted molar refractivity (Wildman–Crippen MR) is 249 cm³/mol. The third-order valence-corrected chi connectivity index (χ3v) is 10.1. The molecule has 0 aliphatic carbocycles. The van der Waals surface area contributed by atoms with Crippen molar-refractivity contribution in [1.29, 1.82) is 0 Å². The van der Waals surface area contributed by atoms with Crippen LogP contribution in [-0.4, -0.2) is 70.0 Å². The van der Waals surface area contributed by atoms with Gasteiger partial charge in [0.2, 0.25) is 0 Å². The van der Waals surface area contributed by atoms with Crippen molar-refractivity contribution in [3.8, 4) is 0 Å². The second-order valence-electron chi connectivity index (χ2n) is 16.0. The molecule has 0 aliphatic rings. The molecule has 0 saturated heterocycles. The predicted octanol–water partition coefficient (Wildman–Crippen LogP) is 12.7. The molecule has 0 aliphatic heterocycles. The number of esters is 2. The molecular weight excluding hydrogens is 774 g/mol. The van der Waals surface area contributed by atoms with Crippen molar-refractivity contribution in [3.05, 3.63) is 97.2 Å². The molecule has 0 fully saturated rings. The number of carbonyl (C=O) groups excluding carboxylic acids is 2. The van der Waals surface area contributed by atoms with Gasteiger partial charge in [-0.3, -0.25) is 14.2 Å². The van der Waals surface area contributed by atoms with Crippen molar-refractivity contribution >= 4 is 19.8 Å². The Labute approximate surface area is 366 Å². The highest BCUT2D eigenvalue weighted by molar-refractivity contribution is 7.45. The van der Waals surface area contributed by atoms with Gasteiger partial charge in [0.1, 0.15) is 19.8 Å². The van der Waals surface area contributed by atoms with Gasteiger partial charge in [-0.1, -0.05) is 156 Å². The SMILES string of the molecule is CC/C=C\C/C=C\C/C=C\C/C=C\C/C=C\C/C=C\CCC(=O)O[C@H](COC(=O)CCCCCCCCC/C=C\C/C=C\CCCCC)COP(=O)([O-])OCC[N+](C)(C)C. The van der Waals surface area contributed by atoms with Gasteiger partial charge in [0, 0.05) is 12.8 Å². The number of unbranched alkanes of at least 4 members (excludes halogenated alkanes) is 10. The third-order valence-electron chi connectivity index (χ3n) is 9.10. The number of nitrogens with zero attached hydrogens (tertiary/aromatic N) is 1. The van der Waals surface area contributed by atoms with Crippen LogP contribution in [0.2, 0.25) is 0 Å². The summed E-state index contributed by atoms with van der Waals surface area (Å²) >= 11 is 0. The van der Waals surface area contributed by atoms with E-state index in [4.69, 9.17) is 18.5 Å². The monoisotopic (exact) mass is 858 g/mol. The number of hydrogen-bond acceptors (Lipinski definition) is 8. The van der Waals surface area contributed by atoms with E-state index in [9.17, 15) is 19.0 Å². The molecule has 60 heavy (non-hydrogen) atoms. The minimum atomic E-state index is -4.66. The maximum atomic E-state index is 12.7. The smallest absolute Gasteiger partial charge is 0.306 e. The first kappa shape index (κ1) is 56.9. The summed E-state index contributed by atoms with van der Waals surface area (Å²) < 4.78 is 33.8. The fraction of sp³-hybridized carbons (Fsp3) is 0.640. The third kappa shape index (κ3) is 44.5. The number of rotatable bonds is 40. The van der Waals surface area contributed by atoms with Crippen LogP contribution < -0.4 is 4.89 Å². The molecule has 0 aromatic rings. The van der Waals surface area contributed by atoms with Gasteiger partial charge >= 0.3 is 11.9 Å². The molecule has 2 atom stereocenters. The summed E-state index contributed by atoms with van der Waals surface area (Å²) in [4.78, 5) is 37.6. The molecule has 0 aromatic heterocycles. The highest BCUT2D eigenvalue weighted by Gasteiger charge is 2.21. The van der Waals surface area contributed by atoms with Crippen molar-refractivity contribution in [2.75, 3.05) is 47.5 Å². The Bertz CT molecular complexity index is 1340. The fourth-order valence-electron chi connectivity index (χ4n) is 5.53. The Morgan fingerprint density at radius 1 is 0.533 bits per heavy atom. The summed E-state index contributed by atoms with van der Waals surface area (Å²) in [6, 6.07) is 0. The molecule has 0 rings (SSSR count). The van der Waals surface area contributed by atoms with E-state index in [1.807, 2.05) is 33.3 Å². The summed E-state index contributed by atoms with van der Waals surface area (Å²) in [6.07, 6.45) is 54.5. The number of quaternary nitrogens is 1. The van der Waals surface area contributed by atoms with E-state index in [-0.39, 0.29) is 26.1 Å². The number of phosphoric acid groups is 1. The second kappa shape index (κ2) is 41.3. The van der Waals surface area contributed by atoms with E-state index in [0.717, 1.165) is 70.6 Å². The molecule has 1 unspecified atom stereocenters. The lowest BCUT2D eigenvalue weighted by atomic mass is 10.1. The zero-order valence-corrected chi connectivity index (χ0v) is 39.3. The number of phosphoric ester groups is 1. The summed E-state index contributed by atoms with van der Waals surface area (Å²) in [6.45, 7) is 3.97. The van der Waals surface area contributed by atoms with E-state index < -0.39 is 32.5 Å². The summed E-state index contributed by atoms with van der Waals surface area (Å²) in [7, 11) is 1.10. The van der Waals surface area contributed by atoms with Crippen molar-refractivity contribution in [1.82, 2.24) is 0 Å². The van der Waals surface area contributed by atoms with Crippen molar-refractivity contribution < 1.29 is 42.1 Å². The molecule has 0 saturated carbocycles. The van der Waals surface area contributed by atoms with Gasteiger partial charge in [0.05, 0.1) is 27.7 Å². The van der Waals surface area contributed by atoms with Crippen LogP contribution in [0.25, 0.3) is 0 Å². The van der Waals surface area contributed by atoms with Gasteiger partial charge < -0.3 is 27.9 Å². The first-order chi connectivity index (χ1) is 29.0. The van der Waals surface area contributed by atoms with E-state index >= 15 is 0 Å². The Morgan fingerprint density at radius 3 is 1.48 bits per heavy atom. The standard InChI is InChI=1S/C50H84NO8P/c1-6-8-10-12-14-16-18-20-22-24-25-27-29-31-33-35-37-39-41-43-50(53)59-48(47-58-60(54,55)57-45-44-51(3,4)5)46-56-49(52)42-40-38-36-34-32-30-28-26-23-21-19-17-15-13-11-9-7-2/h8,10,14-17,20-23,25,27,31,33,37,39,48H,6-7,9,11-13,18-19,24,26,28-30,32,34-36,38,40-47H2,1-5H3/b10-8-,16-14-,17-15-,22-20-,23-21-,27-25-,33-31-,39-37-/t48-/m1/s1. The topological polar surface area (TPSA) is 111 Å². The zero-order valence-electron chi connectivity index (χ0n) is 38.4. The van der Waals surface area contributed by atoms with Gasteiger partial charge in [-0.2, -0.15) is 0 Å². The average molecular weight is 858 g/mol. The molecular formula is C50H84NO8P. The lowest BCUT2D eigenvalue weighted by Gasteiger charge is -2.28. The summed E-state index contributed by atoms with van der Waals surface area (Å²) in [5, 5.41) is 0. The van der Waals surface area contributed by atoms with Crippen LogP contribution in [0.3, 0.4) is 0 Å². The van der Waals surface area contributed by atoms with Gasteiger partial charge in [-0.15, -0.1) is 0 Å². The first-order valence-corrected chi connectivity index (χ1v) is 24.4. The maximum absolute atomic E-state index is 12.7. The molecule has 10 heteroatoms. The van der Waals surface area contributed by atoms with Crippen LogP contribution >= 0.6 is 7.82 Å². The highest BCUT2D eigenvalue weighted by atomic mass is 31.2. The van der Waals surface area contributed by atoms with Crippen LogP contribution in [0.1, 0.15) is 155 Å². The van der Waals surface area contributed by atoms with Gasteiger partial charge in [0.15, 0.2) is 6.10 Å². The molecule has 0 radical (unpaired) electrons. The molecule has 0 bridgehead atoms. The minimum Gasteiger partial charge on any atom is -0.756 e. The van der Waals surface area contributed by atoms with Gasteiger partial charge in [-0.05, 0) is 83.5 Å². The molecule has 0 aromatic carbocycles. The number of carbonyl (C=O) groups is 2. The van der Waals surface area contributed by atoms with E-state index in [1.165, 1.54) is 44.9 Å². The average Bonchev–Trinajstić information content (AvgIpc) is 3.20. The van der Waals surface area contributed by atoms with E-state index in [1.54, 1.807) is 0 Å². The van der Waals surface area contributed by atoms with Crippen LogP contribution in [0.4, 0.5) is 0 Å². The van der Waals surface area contributed by atoms with Gasteiger partial charge in [0.25, 0.3) is 7.82 Å². The first-order valence-electron chi connectivity index (χ1n) is 22.9. The van der Waals surface area contributed by atoms with Crippen molar-refractivity contribution in [2.45, 2.75) is 161 Å². The van der Waals surface area contributed by atoms with E-state index in [2.05, 4.69) is 98.9 Å². The Balaban J connectivity index is 4.49. The summed E-state index contributed by atoms with van der Waals surface area (Å²) in [5.41, 5.74) is 0.